The van der Waals surface area contributed by atoms with Crippen LogP contribution in [0, 0.1) is 10.8 Å². The van der Waals surface area contributed by atoms with Crippen LogP contribution in [0.3, 0.4) is 0 Å². The summed E-state index contributed by atoms with van der Waals surface area (Å²) in [6, 6.07) is 5.45. The van der Waals surface area contributed by atoms with Crippen molar-refractivity contribution < 1.29 is 14.3 Å². The van der Waals surface area contributed by atoms with Crippen LogP contribution in [0.4, 0.5) is 5.69 Å². The van der Waals surface area contributed by atoms with Crippen molar-refractivity contribution in [2.45, 2.75) is 19.3 Å². The maximum absolute atomic E-state index is 13.6. The molecule has 1 aromatic heterocycles. The molecule has 2 aliphatic heterocycles. The Bertz CT molecular complexity index is 1230. The number of carbonyl (C=O) groups excluding carboxylic acids is 2. The van der Waals surface area contributed by atoms with E-state index in [0.29, 0.717) is 61.6 Å². The topological polar surface area (TPSA) is 152 Å². The maximum Gasteiger partial charge on any atom is 0.269 e. The minimum absolute atomic E-state index is 0.0535. The van der Waals surface area contributed by atoms with Crippen LogP contribution in [0.2, 0.25) is 0 Å². The predicted octanol–water partition coefficient (Wildman–Crippen LogP) is 2.54. The highest BCUT2D eigenvalue weighted by atomic mass is 79.9. The summed E-state index contributed by atoms with van der Waals surface area (Å²) in [5.74, 6) is 0.668. The number of nitrogens with zero attached hydrogens (tertiary/aromatic N) is 4. The van der Waals surface area contributed by atoms with Crippen molar-refractivity contribution in [3.05, 3.63) is 58.4 Å². The van der Waals surface area contributed by atoms with Crippen LogP contribution < -0.4 is 21.1 Å². The summed E-state index contributed by atoms with van der Waals surface area (Å²) in [6.07, 6.45) is 9.00. The maximum atomic E-state index is 13.6. The summed E-state index contributed by atoms with van der Waals surface area (Å²) >= 11 is 3.27. The Morgan fingerprint density at radius 3 is 2.47 bits per heavy atom. The molecule has 11 heteroatoms. The van der Waals surface area contributed by atoms with Crippen molar-refractivity contribution in [2.24, 2.45) is 16.9 Å². The number of nitrogens with two attached hydrogens (primary N) is 2. The Morgan fingerprint density at radius 2 is 1.86 bits per heavy atom. The van der Waals surface area contributed by atoms with Gasteiger partial charge in [0.2, 0.25) is 5.91 Å². The molecule has 2 aliphatic rings. The molecule has 0 bridgehead atoms. The molecule has 2 fully saturated rings. The molecule has 36 heavy (non-hydrogen) atoms. The van der Waals surface area contributed by atoms with Gasteiger partial charge in [-0.1, -0.05) is 0 Å². The zero-order chi connectivity index (χ0) is 25.9. The smallest absolute Gasteiger partial charge is 0.269 e. The quantitative estimate of drug-likeness (QED) is 0.367. The van der Waals surface area contributed by atoms with Gasteiger partial charge < -0.3 is 31.4 Å². The van der Waals surface area contributed by atoms with Gasteiger partial charge in [-0.3, -0.25) is 9.59 Å². The van der Waals surface area contributed by atoms with E-state index in [-0.39, 0.29) is 17.5 Å². The number of anilines is 1. The van der Waals surface area contributed by atoms with E-state index in [0.717, 1.165) is 16.4 Å². The summed E-state index contributed by atoms with van der Waals surface area (Å²) in [6.45, 7) is 1.48. The first-order valence-corrected chi connectivity index (χ1v) is 12.3. The third kappa shape index (κ3) is 4.83. The van der Waals surface area contributed by atoms with E-state index in [2.05, 4.69) is 25.9 Å². The van der Waals surface area contributed by atoms with Crippen LogP contribution >= 0.6 is 15.9 Å². The normalized spacial score (nSPS) is 18.0. The SMILES string of the molecule is COc1cc(N2CCC3(CCN(C(=O)C(N)=Cc4ncc(Br)cn4)CC3)C2=O)ccc1/C(C=N)=C/N. The Balaban J connectivity index is 1.44. The predicted molar refractivity (Wildman–Crippen MR) is 141 cm³/mol. The first-order valence-electron chi connectivity index (χ1n) is 11.5. The molecule has 0 unspecified atom stereocenters. The summed E-state index contributed by atoms with van der Waals surface area (Å²) < 4.78 is 6.24. The molecule has 2 saturated heterocycles. The molecular formula is C25H28BrN7O3. The highest BCUT2D eigenvalue weighted by Gasteiger charge is 2.49. The van der Waals surface area contributed by atoms with Gasteiger partial charge in [0.25, 0.3) is 5.91 Å². The lowest BCUT2D eigenvalue weighted by atomic mass is 9.77. The average molecular weight is 554 g/mol. The molecule has 5 N–H and O–H groups in total. The van der Waals surface area contributed by atoms with E-state index >= 15 is 0 Å². The lowest BCUT2D eigenvalue weighted by molar-refractivity contribution is -0.135. The van der Waals surface area contributed by atoms with Crippen LogP contribution in [0.1, 0.15) is 30.7 Å². The standard InChI is InChI=1S/C25H28BrN7O3/c1-36-21-10-18(2-3-19(21)16(12-27)13-28)33-9-6-25(24(33)35)4-7-32(8-5-25)23(34)20(29)11-22-30-14-17(26)15-31-22/h2-3,10-15,27H,4-9,28-29H2,1H3/b16-13+,20-11?,27-12?. The zero-order valence-electron chi connectivity index (χ0n) is 19.9. The van der Waals surface area contributed by atoms with Crippen molar-refractivity contribution in [2.75, 3.05) is 31.6 Å². The minimum Gasteiger partial charge on any atom is -0.496 e. The van der Waals surface area contributed by atoms with Gasteiger partial charge in [-0.2, -0.15) is 0 Å². The number of hydrogen-bond acceptors (Lipinski definition) is 8. The number of methoxy groups -OCH3 is 1. The molecule has 10 nitrogen and oxygen atoms in total. The van der Waals surface area contributed by atoms with Crippen molar-refractivity contribution >= 4 is 51.3 Å². The van der Waals surface area contributed by atoms with Gasteiger partial charge in [0.05, 0.1) is 17.0 Å². The van der Waals surface area contributed by atoms with Crippen molar-refractivity contribution in [1.29, 1.82) is 5.41 Å². The van der Waals surface area contributed by atoms with Crippen LogP contribution in [0.15, 0.2) is 47.0 Å². The van der Waals surface area contributed by atoms with Crippen LogP contribution in [-0.4, -0.2) is 59.6 Å². The number of allylic oxidation sites excluding steroid dienone is 1. The molecule has 0 saturated carbocycles. The van der Waals surface area contributed by atoms with Gasteiger partial charge in [-0.05, 0) is 47.3 Å². The molecule has 1 aromatic carbocycles. The molecule has 2 amide bonds. The van der Waals surface area contributed by atoms with Gasteiger partial charge in [0, 0.05) is 73.4 Å². The van der Waals surface area contributed by atoms with Crippen molar-refractivity contribution in [3.8, 4) is 5.75 Å². The fourth-order valence-corrected chi connectivity index (χ4v) is 4.96. The Morgan fingerprint density at radius 1 is 1.19 bits per heavy atom. The number of halogens is 1. The highest BCUT2D eigenvalue weighted by Crippen LogP contribution is 2.44. The number of piperidine rings is 1. The number of benzene rings is 1. The number of hydrogen-bond donors (Lipinski definition) is 3. The number of nitrogens with one attached hydrogen (secondary N) is 1. The molecule has 1 spiro atoms. The molecule has 0 aliphatic carbocycles. The van der Waals surface area contributed by atoms with Crippen LogP contribution in [0.25, 0.3) is 11.6 Å². The Hall–Kier alpha value is -3.73. The highest BCUT2D eigenvalue weighted by molar-refractivity contribution is 9.10. The van der Waals surface area contributed by atoms with Crippen molar-refractivity contribution in [3.63, 3.8) is 0 Å². The number of aromatic nitrogens is 2. The van der Waals surface area contributed by atoms with Gasteiger partial charge >= 0.3 is 0 Å². The minimum atomic E-state index is -0.507. The number of ether oxygens (including phenoxy) is 1. The van der Waals surface area contributed by atoms with Gasteiger partial charge in [-0.25, -0.2) is 9.97 Å². The zero-order valence-corrected chi connectivity index (χ0v) is 21.5. The Kier molecular flexibility index (Phi) is 7.39. The van der Waals surface area contributed by atoms with Crippen LogP contribution in [-0.2, 0) is 9.59 Å². The largest absolute Gasteiger partial charge is 0.496 e. The fraction of sp³-hybridized carbons (Fsp3) is 0.320. The first kappa shape index (κ1) is 25.4. The number of likely N-dealkylation sites (tertiary alicyclic amines) is 1. The van der Waals surface area contributed by atoms with E-state index < -0.39 is 5.41 Å². The van der Waals surface area contributed by atoms with Crippen molar-refractivity contribution in [1.82, 2.24) is 14.9 Å². The molecule has 2 aromatic rings. The summed E-state index contributed by atoms with van der Waals surface area (Å²) in [4.78, 5) is 38.1. The second kappa shape index (κ2) is 10.5. The lowest BCUT2D eigenvalue weighted by Crippen LogP contribution is -2.47. The van der Waals surface area contributed by atoms with Gasteiger partial charge in [0.1, 0.15) is 11.4 Å². The first-order chi connectivity index (χ1) is 17.3. The second-order valence-corrected chi connectivity index (χ2v) is 9.71. The van der Waals surface area contributed by atoms with E-state index in [9.17, 15) is 9.59 Å². The average Bonchev–Trinajstić information content (AvgIpc) is 3.21. The summed E-state index contributed by atoms with van der Waals surface area (Å²) in [5, 5.41) is 7.55. The summed E-state index contributed by atoms with van der Waals surface area (Å²) in [7, 11) is 1.55. The molecule has 3 heterocycles. The third-order valence-corrected chi connectivity index (χ3v) is 7.24. The molecule has 0 atom stereocenters. The number of carbonyl (C=O) groups is 2. The molecule has 188 valence electrons. The van der Waals surface area contributed by atoms with Gasteiger partial charge in [0.15, 0.2) is 5.82 Å². The van der Waals surface area contributed by atoms with Crippen LogP contribution in [0.5, 0.6) is 5.75 Å². The van der Waals surface area contributed by atoms with Gasteiger partial charge in [-0.15, -0.1) is 0 Å². The van der Waals surface area contributed by atoms with E-state index in [4.69, 9.17) is 21.6 Å². The molecule has 4 rings (SSSR count). The van der Waals surface area contributed by atoms with E-state index in [1.165, 1.54) is 12.3 Å². The van der Waals surface area contributed by atoms with E-state index in [1.807, 2.05) is 12.1 Å². The second-order valence-electron chi connectivity index (χ2n) is 8.79. The monoisotopic (exact) mass is 553 g/mol. The third-order valence-electron chi connectivity index (χ3n) is 6.84. The number of rotatable bonds is 6. The number of amides is 2. The Labute approximate surface area is 217 Å². The lowest BCUT2D eigenvalue weighted by Gasteiger charge is -2.38. The molecule has 0 radical (unpaired) electrons. The van der Waals surface area contributed by atoms with E-state index in [1.54, 1.807) is 35.4 Å². The molecular weight excluding hydrogens is 526 g/mol. The fourth-order valence-electron chi connectivity index (χ4n) is 4.75. The summed E-state index contributed by atoms with van der Waals surface area (Å²) in [5.41, 5.74) is 13.2.